The van der Waals surface area contributed by atoms with Gasteiger partial charge < -0.3 is 15.4 Å². The molecule has 0 bridgehead atoms. The van der Waals surface area contributed by atoms with Crippen molar-refractivity contribution in [3.8, 4) is 5.75 Å². The van der Waals surface area contributed by atoms with Crippen molar-refractivity contribution in [2.24, 2.45) is 0 Å². The molecule has 3 nitrogen and oxygen atoms in total. The van der Waals surface area contributed by atoms with E-state index in [1.807, 2.05) is 0 Å². The largest absolute Gasteiger partial charge is 0.484 e. The van der Waals surface area contributed by atoms with E-state index in [-0.39, 0.29) is 5.60 Å². The van der Waals surface area contributed by atoms with Crippen LogP contribution >= 0.6 is 0 Å². The summed E-state index contributed by atoms with van der Waals surface area (Å²) >= 11 is 0. The Morgan fingerprint density at radius 2 is 2.10 bits per heavy atom. The zero-order valence-corrected chi connectivity index (χ0v) is 13.1. The lowest BCUT2D eigenvalue weighted by Crippen LogP contribution is -2.40. The molecule has 0 radical (unpaired) electrons. The number of anilines is 1. The van der Waals surface area contributed by atoms with Crippen molar-refractivity contribution in [2.75, 3.05) is 25.0 Å². The van der Waals surface area contributed by atoms with Crippen molar-refractivity contribution < 1.29 is 4.74 Å². The number of benzene rings is 1. The van der Waals surface area contributed by atoms with Gasteiger partial charge in [-0.15, -0.1) is 0 Å². The number of nitrogens with one attached hydrogen (secondary N) is 2. The second-order valence-corrected chi connectivity index (χ2v) is 6.25. The van der Waals surface area contributed by atoms with Crippen LogP contribution in [0.2, 0.25) is 0 Å². The van der Waals surface area contributed by atoms with Crippen molar-refractivity contribution in [3.05, 3.63) is 23.8 Å². The molecule has 20 heavy (non-hydrogen) atoms. The van der Waals surface area contributed by atoms with Gasteiger partial charge in [0, 0.05) is 0 Å². The second kappa shape index (κ2) is 6.98. The Bertz CT molecular complexity index is 429. The average Bonchev–Trinajstić information content (AvgIpc) is 2.42. The Morgan fingerprint density at radius 3 is 2.90 bits per heavy atom. The van der Waals surface area contributed by atoms with Gasteiger partial charge in [0.25, 0.3) is 0 Å². The van der Waals surface area contributed by atoms with Crippen molar-refractivity contribution in [1.29, 1.82) is 0 Å². The van der Waals surface area contributed by atoms with E-state index in [9.17, 15) is 0 Å². The zero-order valence-electron chi connectivity index (χ0n) is 13.1. The summed E-state index contributed by atoms with van der Waals surface area (Å²) in [5.74, 6) is 0.973. The summed E-state index contributed by atoms with van der Waals surface area (Å²) in [5, 5.41) is 6.98. The smallest absolute Gasteiger partial charge is 0.143 e. The molecule has 1 aromatic rings. The van der Waals surface area contributed by atoms with Crippen LogP contribution in [0.15, 0.2) is 18.2 Å². The Kier molecular flexibility index (Phi) is 5.30. The van der Waals surface area contributed by atoms with Crippen LogP contribution in [0.5, 0.6) is 5.75 Å². The molecule has 0 spiro atoms. The van der Waals surface area contributed by atoms with E-state index in [2.05, 4.69) is 49.6 Å². The van der Waals surface area contributed by atoms with E-state index in [0.717, 1.165) is 37.5 Å². The summed E-state index contributed by atoms with van der Waals surface area (Å²) in [5.41, 5.74) is 2.38. The molecule has 1 aliphatic heterocycles. The maximum absolute atomic E-state index is 5.97. The molecular weight excluding hydrogens is 248 g/mol. The molecular formula is C17H28N2O. The van der Waals surface area contributed by atoms with E-state index in [4.69, 9.17) is 4.74 Å². The van der Waals surface area contributed by atoms with Gasteiger partial charge in [0.15, 0.2) is 0 Å². The summed E-state index contributed by atoms with van der Waals surface area (Å²) in [7, 11) is 0. The minimum atomic E-state index is -0.116. The van der Waals surface area contributed by atoms with E-state index in [0.29, 0.717) is 0 Å². The van der Waals surface area contributed by atoms with E-state index >= 15 is 0 Å². The quantitative estimate of drug-likeness (QED) is 0.747. The van der Waals surface area contributed by atoms with Gasteiger partial charge in [0.1, 0.15) is 11.4 Å². The summed E-state index contributed by atoms with van der Waals surface area (Å²) in [6.07, 6.45) is 4.97. The molecule has 112 valence electrons. The Labute approximate surface area is 123 Å². The molecule has 0 saturated heterocycles. The number of rotatable bonds is 7. The number of hydrogen-bond acceptors (Lipinski definition) is 3. The molecule has 0 amide bonds. The first-order chi connectivity index (χ1) is 9.61. The number of fused-ring (bicyclic) bond motifs is 1. The number of unbranched alkanes of at least 4 members (excludes halogenated alkanes) is 2. The van der Waals surface area contributed by atoms with E-state index in [1.165, 1.54) is 24.8 Å². The van der Waals surface area contributed by atoms with Crippen molar-refractivity contribution >= 4 is 5.69 Å². The summed E-state index contributed by atoms with van der Waals surface area (Å²) in [6, 6.07) is 6.49. The minimum Gasteiger partial charge on any atom is -0.484 e. The molecule has 2 rings (SSSR count). The SMILES string of the molecule is CCCCCNCCc1ccc2c(c1)NCC(C)(C)O2. The van der Waals surface area contributed by atoms with E-state index < -0.39 is 0 Å². The Hall–Kier alpha value is -1.22. The highest BCUT2D eigenvalue weighted by atomic mass is 16.5. The number of ether oxygens (including phenoxy) is 1. The Morgan fingerprint density at radius 1 is 1.25 bits per heavy atom. The van der Waals surface area contributed by atoms with Gasteiger partial charge in [0.05, 0.1) is 12.2 Å². The predicted molar refractivity (Wildman–Crippen MR) is 85.7 cm³/mol. The summed E-state index contributed by atoms with van der Waals surface area (Å²) in [4.78, 5) is 0. The van der Waals surface area contributed by atoms with Gasteiger partial charge in [-0.2, -0.15) is 0 Å². The minimum absolute atomic E-state index is 0.116. The topological polar surface area (TPSA) is 33.3 Å². The molecule has 0 unspecified atom stereocenters. The van der Waals surface area contributed by atoms with Crippen molar-refractivity contribution in [2.45, 2.75) is 52.1 Å². The van der Waals surface area contributed by atoms with Crippen LogP contribution in [0.3, 0.4) is 0 Å². The molecule has 0 saturated carbocycles. The van der Waals surface area contributed by atoms with Gasteiger partial charge >= 0.3 is 0 Å². The van der Waals surface area contributed by atoms with Gasteiger partial charge in [-0.3, -0.25) is 0 Å². The lowest BCUT2D eigenvalue weighted by atomic mass is 10.0. The molecule has 0 aromatic heterocycles. The first-order valence-electron chi connectivity index (χ1n) is 7.87. The highest BCUT2D eigenvalue weighted by Gasteiger charge is 2.25. The van der Waals surface area contributed by atoms with Crippen LogP contribution in [0.1, 0.15) is 45.6 Å². The highest BCUT2D eigenvalue weighted by Crippen LogP contribution is 2.33. The third-order valence-electron chi connectivity index (χ3n) is 3.68. The lowest BCUT2D eigenvalue weighted by molar-refractivity contribution is 0.116. The number of hydrogen-bond donors (Lipinski definition) is 2. The van der Waals surface area contributed by atoms with Crippen LogP contribution in [-0.4, -0.2) is 25.2 Å². The molecule has 1 heterocycles. The molecule has 3 heteroatoms. The lowest BCUT2D eigenvalue weighted by Gasteiger charge is -2.33. The first-order valence-corrected chi connectivity index (χ1v) is 7.87. The molecule has 0 aliphatic carbocycles. The second-order valence-electron chi connectivity index (χ2n) is 6.25. The van der Waals surface area contributed by atoms with Crippen LogP contribution in [-0.2, 0) is 6.42 Å². The first kappa shape index (κ1) is 15.2. The van der Waals surface area contributed by atoms with Crippen LogP contribution in [0, 0.1) is 0 Å². The zero-order chi connectivity index (χ0) is 14.4. The third-order valence-corrected chi connectivity index (χ3v) is 3.68. The average molecular weight is 276 g/mol. The fraction of sp³-hybridized carbons (Fsp3) is 0.647. The predicted octanol–water partition coefficient (Wildman–Crippen LogP) is 3.59. The highest BCUT2D eigenvalue weighted by molar-refractivity contribution is 5.60. The fourth-order valence-electron chi connectivity index (χ4n) is 2.46. The maximum Gasteiger partial charge on any atom is 0.143 e. The molecule has 0 fully saturated rings. The van der Waals surface area contributed by atoms with Crippen LogP contribution in [0.25, 0.3) is 0 Å². The van der Waals surface area contributed by atoms with Crippen LogP contribution in [0.4, 0.5) is 5.69 Å². The molecule has 2 N–H and O–H groups in total. The standard InChI is InChI=1S/C17H28N2O/c1-4-5-6-10-18-11-9-14-7-8-16-15(12-14)19-13-17(2,3)20-16/h7-8,12,18-19H,4-6,9-11,13H2,1-3H3. The van der Waals surface area contributed by atoms with Crippen molar-refractivity contribution in [3.63, 3.8) is 0 Å². The van der Waals surface area contributed by atoms with Gasteiger partial charge in [-0.1, -0.05) is 25.8 Å². The van der Waals surface area contributed by atoms with E-state index in [1.54, 1.807) is 0 Å². The molecule has 0 atom stereocenters. The Balaban J connectivity index is 1.80. The van der Waals surface area contributed by atoms with Gasteiger partial charge in [-0.05, 0) is 57.5 Å². The van der Waals surface area contributed by atoms with Gasteiger partial charge in [0.2, 0.25) is 0 Å². The van der Waals surface area contributed by atoms with Crippen LogP contribution < -0.4 is 15.4 Å². The van der Waals surface area contributed by atoms with Crippen molar-refractivity contribution in [1.82, 2.24) is 5.32 Å². The normalized spacial score (nSPS) is 16.1. The molecule has 1 aliphatic rings. The van der Waals surface area contributed by atoms with Gasteiger partial charge in [-0.25, -0.2) is 0 Å². The third kappa shape index (κ3) is 4.41. The fourth-order valence-corrected chi connectivity index (χ4v) is 2.46. The maximum atomic E-state index is 5.97. The monoisotopic (exact) mass is 276 g/mol. The summed E-state index contributed by atoms with van der Waals surface area (Å²) < 4.78 is 5.97. The molecule has 1 aromatic carbocycles. The summed E-state index contributed by atoms with van der Waals surface area (Å²) in [6.45, 7) is 9.50.